The molecule has 3 atom stereocenters. The standard InChI is InChI=1S/C20H22ClNO4S/c1-3-26-19(23)20(12-22)17(14-5-4-6-15(21)11-14)18(20)27(24,25)16-9-7-13(2)8-10-16/h4-11,17-18H,3,12,22H2,1-2H3/t17-,18+,20+/m0/s1. The Bertz CT molecular complexity index is 958. The van der Waals surface area contributed by atoms with Gasteiger partial charge in [0.15, 0.2) is 9.84 Å². The third kappa shape index (κ3) is 3.26. The average Bonchev–Trinajstić information content (AvgIpc) is 3.34. The summed E-state index contributed by atoms with van der Waals surface area (Å²) in [6, 6.07) is 13.5. The molecule has 144 valence electrons. The molecule has 0 radical (unpaired) electrons. The summed E-state index contributed by atoms with van der Waals surface area (Å²) in [6.07, 6.45) is 0. The molecule has 1 fully saturated rings. The van der Waals surface area contributed by atoms with Crippen LogP contribution < -0.4 is 5.73 Å². The van der Waals surface area contributed by atoms with E-state index in [1.54, 1.807) is 55.5 Å². The number of sulfone groups is 1. The number of rotatable bonds is 6. The summed E-state index contributed by atoms with van der Waals surface area (Å²) in [5.41, 5.74) is 6.26. The minimum atomic E-state index is -3.80. The largest absolute Gasteiger partial charge is 0.465 e. The molecule has 0 saturated heterocycles. The third-order valence-electron chi connectivity index (χ3n) is 5.14. The van der Waals surface area contributed by atoms with Gasteiger partial charge in [-0.2, -0.15) is 0 Å². The number of aryl methyl sites for hydroxylation is 1. The Morgan fingerprint density at radius 2 is 1.89 bits per heavy atom. The van der Waals surface area contributed by atoms with Crippen molar-refractivity contribution in [1.82, 2.24) is 0 Å². The van der Waals surface area contributed by atoms with E-state index in [-0.39, 0.29) is 18.0 Å². The van der Waals surface area contributed by atoms with Gasteiger partial charge in [-0.1, -0.05) is 41.4 Å². The van der Waals surface area contributed by atoms with Gasteiger partial charge >= 0.3 is 5.97 Å². The average molecular weight is 408 g/mol. The van der Waals surface area contributed by atoms with E-state index >= 15 is 0 Å². The van der Waals surface area contributed by atoms with Crippen molar-refractivity contribution in [2.75, 3.05) is 13.2 Å². The summed E-state index contributed by atoms with van der Waals surface area (Å²) in [5, 5.41) is -0.518. The van der Waals surface area contributed by atoms with Crippen LogP contribution in [0, 0.1) is 12.3 Å². The molecule has 1 aliphatic rings. The minimum Gasteiger partial charge on any atom is -0.465 e. The van der Waals surface area contributed by atoms with Crippen molar-refractivity contribution >= 4 is 27.4 Å². The maximum Gasteiger partial charge on any atom is 0.315 e. The number of ether oxygens (including phenoxy) is 1. The van der Waals surface area contributed by atoms with Gasteiger partial charge in [-0.15, -0.1) is 0 Å². The van der Waals surface area contributed by atoms with Gasteiger partial charge in [0, 0.05) is 17.5 Å². The second-order valence-corrected chi connectivity index (χ2v) is 9.28. The van der Waals surface area contributed by atoms with Crippen LogP contribution in [0.4, 0.5) is 0 Å². The van der Waals surface area contributed by atoms with Crippen molar-refractivity contribution in [2.24, 2.45) is 11.1 Å². The zero-order valence-corrected chi connectivity index (χ0v) is 16.8. The lowest BCUT2D eigenvalue weighted by atomic mass is 9.99. The first kappa shape index (κ1) is 19.9. The van der Waals surface area contributed by atoms with Gasteiger partial charge in [-0.05, 0) is 43.7 Å². The second-order valence-electron chi connectivity index (χ2n) is 6.78. The van der Waals surface area contributed by atoms with Crippen LogP contribution in [0.3, 0.4) is 0 Å². The van der Waals surface area contributed by atoms with Crippen molar-refractivity contribution < 1.29 is 17.9 Å². The number of benzene rings is 2. The number of hydrogen-bond donors (Lipinski definition) is 1. The fourth-order valence-electron chi connectivity index (χ4n) is 3.74. The van der Waals surface area contributed by atoms with Gasteiger partial charge in [-0.25, -0.2) is 8.42 Å². The summed E-state index contributed by atoms with van der Waals surface area (Å²) >= 11 is 6.09. The van der Waals surface area contributed by atoms with Crippen LogP contribution in [0.2, 0.25) is 5.02 Å². The molecule has 27 heavy (non-hydrogen) atoms. The molecule has 0 spiro atoms. The molecule has 1 saturated carbocycles. The van der Waals surface area contributed by atoms with Crippen LogP contribution >= 0.6 is 11.6 Å². The zero-order chi connectivity index (χ0) is 19.8. The molecule has 0 unspecified atom stereocenters. The van der Waals surface area contributed by atoms with Crippen molar-refractivity contribution in [3.63, 3.8) is 0 Å². The Labute approximate surface area is 164 Å². The molecular weight excluding hydrogens is 386 g/mol. The van der Waals surface area contributed by atoms with Crippen molar-refractivity contribution in [1.29, 1.82) is 0 Å². The van der Waals surface area contributed by atoms with Gasteiger partial charge in [0.05, 0.1) is 16.8 Å². The van der Waals surface area contributed by atoms with Crippen LogP contribution in [-0.4, -0.2) is 32.8 Å². The second kappa shape index (κ2) is 7.26. The highest BCUT2D eigenvalue weighted by atomic mass is 35.5. The maximum atomic E-state index is 13.4. The van der Waals surface area contributed by atoms with Crippen LogP contribution in [-0.2, 0) is 19.4 Å². The van der Waals surface area contributed by atoms with E-state index in [1.165, 1.54) is 0 Å². The third-order valence-corrected chi connectivity index (χ3v) is 7.67. The van der Waals surface area contributed by atoms with E-state index in [1.807, 2.05) is 6.92 Å². The highest BCUT2D eigenvalue weighted by molar-refractivity contribution is 7.92. The number of hydrogen-bond acceptors (Lipinski definition) is 5. The van der Waals surface area contributed by atoms with Crippen LogP contribution in [0.1, 0.15) is 24.0 Å². The molecule has 3 rings (SSSR count). The van der Waals surface area contributed by atoms with E-state index in [0.717, 1.165) is 5.56 Å². The number of carbonyl (C=O) groups excluding carboxylic acids is 1. The summed E-state index contributed by atoms with van der Waals surface area (Å²) in [7, 11) is -3.80. The molecule has 1 aliphatic carbocycles. The Morgan fingerprint density at radius 1 is 1.22 bits per heavy atom. The molecule has 2 aromatic carbocycles. The zero-order valence-electron chi connectivity index (χ0n) is 15.2. The van der Waals surface area contributed by atoms with Crippen molar-refractivity contribution in [2.45, 2.75) is 29.9 Å². The van der Waals surface area contributed by atoms with E-state index in [9.17, 15) is 13.2 Å². The van der Waals surface area contributed by atoms with Gasteiger partial charge in [0.25, 0.3) is 0 Å². The molecule has 2 N–H and O–H groups in total. The highest BCUT2D eigenvalue weighted by Crippen LogP contribution is 2.64. The molecule has 7 heteroatoms. The van der Waals surface area contributed by atoms with E-state index in [4.69, 9.17) is 22.1 Å². The Hall–Kier alpha value is -1.89. The lowest BCUT2D eigenvalue weighted by Crippen LogP contribution is -2.33. The first-order valence-corrected chi connectivity index (χ1v) is 10.6. The number of esters is 1. The topological polar surface area (TPSA) is 86.5 Å². The molecule has 0 aliphatic heterocycles. The Balaban J connectivity index is 2.12. The van der Waals surface area contributed by atoms with Crippen LogP contribution in [0.25, 0.3) is 0 Å². The summed E-state index contributed by atoms with van der Waals surface area (Å²) < 4.78 is 31.9. The Kier molecular flexibility index (Phi) is 5.34. The number of carbonyl (C=O) groups is 1. The smallest absolute Gasteiger partial charge is 0.315 e. The number of nitrogens with two attached hydrogens (primary N) is 1. The SMILES string of the molecule is CCOC(=O)[C@@]1(CN)[C@H](S(=O)(=O)c2ccc(C)cc2)[C@@H]1c1cccc(Cl)c1. The van der Waals surface area contributed by atoms with Crippen molar-refractivity contribution in [3.05, 3.63) is 64.7 Å². The summed E-state index contributed by atoms with van der Waals surface area (Å²) in [6.45, 7) is 3.59. The van der Waals surface area contributed by atoms with Gasteiger partial charge in [-0.3, -0.25) is 4.79 Å². The van der Waals surface area contributed by atoms with E-state index in [0.29, 0.717) is 10.6 Å². The fourth-order valence-corrected chi connectivity index (χ4v) is 6.32. The predicted molar refractivity (Wildman–Crippen MR) is 104 cm³/mol. The van der Waals surface area contributed by atoms with Crippen molar-refractivity contribution in [3.8, 4) is 0 Å². The molecule has 0 aromatic heterocycles. The molecule has 0 heterocycles. The quantitative estimate of drug-likeness (QED) is 0.743. The number of halogens is 1. The fraction of sp³-hybridized carbons (Fsp3) is 0.350. The first-order valence-electron chi connectivity index (χ1n) is 8.72. The first-order chi connectivity index (χ1) is 12.8. The lowest BCUT2D eigenvalue weighted by molar-refractivity contribution is -0.149. The van der Waals surface area contributed by atoms with Crippen LogP contribution in [0.15, 0.2) is 53.4 Å². The normalized spacial score (nSPS) is 24.4. The van der Waals surface area contributed by atoms with Gasteiger partial charge < -0.3 is 10.5 Å². The van der Waals surface area contributed by atoms with E-state index in [2.05, 4.69) is 0 Å². The molecule has 5 nitrogen and oxygen atoms in total. The van der Waals surface area contributed by atoms with Gasteiger partial charge in [0.1, 0.15) is 5.41 Å². The lowest BCUT2D eigenvalue weighted by Gasteiger charge is -2.14. The minimum absolute atomic E-state index is 0.126. The van der Waals surface area contributed by atoms with E-state index < -0.39 is 32.4 Å². The molecular formula is C20H22ClNO4S. The monoisotopic (exact) mass is 407 g/mol. The molecule has 0 bridgehead atoms. The van der Waals surface area contributed by atoms with Crippen LogP contribution in [0.5, 0.6) is 0 Å². The Morgan fingerprint density at radius 3 is 2.44 bits per heavy atom. The highest BCUT2D eigenvalue weighted by Gasteiger charge is 2.75. The summed E-state index contributed by atoms with van der Waals surface area (Å²) in [4.78, 5) is 12.9. The maximum absolute atomic E-state index is 13.4. The predicted octanol–water partition coefficient (Wildman–Crippen LogP) is 3.10. The molecule has 0 amide bonds. The summed E-state index contributed by atoms with van der Waals surface area (Å²) in [5.74, 6) is -1.19. The molecule has 2 aromatic rings. The van der Waals surface area contributed by atoms with Gasteiger partial charge in [0.2, 0.25) is 0 Å².